The van der Waals surface area contributed by atoms with Gasteiger partial charge >= 0.3 is 5.97 Å². The highest BCUT2D eigenvalue weighted by molar-refractivity contribution is 7.80. The van der Waals surface area contributed by atoms with Gasteiger partial charge in [-0.1, -0.05) is 58.1 Å². The van der Waals surface area contributed by atoms with Gasteiger partial charge in [0.25, 0.3) is 0 Å². The number of likely N-dealkylation sites (tertiary alicyclic amines) is 2. The quantitative estimate of drug-likeness (QED) is 0.0151. The van der Waals surface area contributed by atoms with Crippen LogP contribution in [-0.2, 0) is 54.4 Å². The largest absolute Gasteiger partial charge is 0.481 e. The van der Waals surface area contributed by atoms with Gasteiger partial charge < -0.3 is 64.1 Å². The van der Waals surface area contributed by atoms with E-state index in [1.807, 2.05) is 57.8 Å². The molecule has 2 fully saturated rings. The molecule has 24 nitrogen and oxygen atoms in total. The number of thiol groups is 1. The number of Topliss-reactive ketones (excluding diaryl/α,β-unsaturated/α-hetero) is 3. The number of benzene rings is 1. The Hall–Kier alpha value is -6.83. The zero-order chi connectivity index (χ0) is 63.0. The first-order chi connectivity index (χ1) is 40.2. The van der Waals surface area contributed by atoms with Gasteiger partial charge in [-0.05, 0) is 106 Å². The van der Waals surface area contributed by atoms with Crippen LogP contribution in [0.25, 0.3) is 10.9 Å². The summed E-state index contributed by atoms with van der Waals surface area (Å²) in [5.74, 6) is -8.29. The highest BCUT2D eigenvalue weighted by Gasteiger charge is 2.42. The normalized spacial score (nSPS) is 17.5. The summed E-state index contributed by atoms with van der Waals surface area (Å²) in [6.45, 7) is 12.1. The van der Waals surface area contributed by atoms with Crippen LogP contribution in [-0.4, -0.2) is 167 Å². The highest BCUT2D eigenvalue weighted by atomic mass is 32.1. The fourth-order valence-electron chi connectivity index (χ4n) is 11.4. The minimum absolute atomic E-state index is 0.0583. The number of carboxylic acid groups (broad SMARTS) is 1. The van der Waals surface area contributed by atoms with E-state index in [0.717, 1.165) is 16.5 Å². The van der Waals surface area contributed by atoms with Crippen molar-refractivity contribution in [3.63, 3.8) is 0 Å². The maximum atomic E-state index is 15.1. The zero-order valence-electron chi connectivity index (χ0n) is 50.6. The number of ketones is 3. The Bertz CT molecular complexity index is 2690. The van der Waals surface area contributed by atoms with E-state index in [9.17, 15) is 48.3 Å². The average Bonchev–Trinajstić information content (AvgIpc) is 3.66. The number of aromatic amines is 1. The number of nitrogens with two attached hydrogens (primary N) is 4. The molecule has 26 heteroatoms. The summed E-state index contributed by atoms with van der Waals surface area (Å²) < 4.78 is 0. The van der Waals surface area contributed by atoms with Gasteiger partial charge in [-0.15, -0.1) is 0 Å². The molecule has 472 valence electrons. The second-order valence-corrected chi connectivity index (χ2v) is 30.0. The number of hydrogen-bond acceptors (Lipinski definition) is 13. The summed E-state index contributed by atoms with van der Waals surface area (Å²) in [6, 6.07) is 2.79. The molecular formula is C59H95N13O11SSi. The number of unbranched alkanes of at least 4 members (excludes halogenated alkanes) is 1. The number of aliphatic carboxylic acids is 1. The SMILES string of the molecule is CC[C@H](C)[C@H](NC(=O)[C@@H](CC(=O)[C@@H]1CCCN1C(=O)[C@H](CCCN=C(N)N)CC(=O)[C@@H](CCCN=C(N)N)NC(=O)[C@@H]1CCCN1C(=O)[C@H](CCCCNC(=O)CCS)NC(C)=O)Cc1c[nH]c2ccccc12)C(=O)C[C@@H](C[Si](C)(C)C)C(=O)O. The van der Waals surface area contributed by atoms with Crippen molar-refractivity contribution in [2.45, 2.75) is 186 Å². The number of aliphatic imine (C=N–C) groups is 2. The predicted molar refractivity (Wildman–Crippen MR) is 333 cm³/mol. The van der Waals surface area contributed by atoms with Crippen LogP contribution in [0.2, 0.25) is 25.7 Å². The van der Waals surface area contributed by atoms with Crippen molar-refractivity contribution >= 4 is 102 Å². The van der Waals surface area contributed by atoms with E-state index in [1.165, 1.54) is 16.7 Å². The minimum Gasteiger partial charge on any atom is -0.481 e. The van der Waals surface area contributed by atoms with E-state index in [0.29, 0.717) is 50.4 Å². The number of H-pyrrole nitrogens is 1. The number of aromatic nitrogens is 1. The number of nitrogens with one attached hydrogen (secondary N) is 5. The Balaban J connectivity index is 1.62. The van der Waals surface area contributed by atoms with Crippen molar-refractivity contribution in [2.75, 3.05) is 38.5 Å². The summed E-state index contributed by atoms with van der Waals surface area (Å²) in [5, 5.41) is 22.4. The molecule has 0 radical (unpaired) electrons. The molecule has 0 saturated carbocycles. The van der Waals surface area contributed by atoms with Gasteiger partial charge in [0.2, 0.25) is 35.4 Å². The zero-order valence-corrected chi connectivity index (χ0v) is 52.5. The van der Waals surface area contributed by atoms with Gasteiger partial charge in [-0.3, -0.25) is 57.9 Å². The van der Waals surface area contributed by atoms with Crippen molar-refractivity contribution in [2.24, 2.45) is 56.6 Å². The van der Waals surface area contributed by atoms with Gasteiger partial charge in [0.15, 0.2) is 29.3 Å². The summed E-state index contributed by atoms with van der Waals surface area (Å²) in [6.07, 6.45) is 5.13. The molecule has 9 atom stereocenters. The number of nitrogens with zero attached hydrogens (tertiary/aromatic N) is 4. The van der Waals surface area contributed by atoms with Crippen LogP contribution in [0.5, 0.6) is 0 Å². The van der Waals surface area contributed by atoms with Crippen LogP contribution >= 0.6 is 12.6 Å². The number of guanidine groups is 2. The minimum atomic E-state index is -1.92. The lowest BCUT2D eigenvalue weighted by Crippen LogP contribution is -2.55. The van der Waals surface area contributed by atoms with Crippen LogP contribution in [0, 0.1) is 23.7 Å². The molecule has 3 heterocycles. The Labute approximate surface area is 506 Å². The lowest BCUT2D eigenvalue weighted by atomic mass is 9.87. The third-order valence-electron chi connectivity index (χ3n) is 15.9. The molecule has 0 unspecified atom stereocenters. The van der Waals surface area contributed by atoms with Crippen LogP contribution in [0.1, 0.15) is 129 Å². The molecule has 0 bridgehead atoms. The van der Waals surface area contributed by atoms with E-state index in [2.05, 4.69) is 48.9 Å². The van der Waals surface area contributed by atoms with Crippen LogP contribution < -0.4 is 44.2 Å². The highest BCUT2D eigenvalue weighted by Crippen LogP contribution is 2.30. The van der Waals surface area contributed by atoms with Gasteiger partial charge in [-0.25, -0.2) is 0 Å². The van der Waals surface area contributed by atoms with Gasteiger partial charge in [-0.2, -0.15) is 12.6 Å². The van der Waals surface area contributed by atoms with Gasteiger partial charge in [0.05, 0.1) is 24.0 Å². The number of carbonyl (C=O) groups excluding carboxylic acids is 9. The number of para-hydroxylation sites is 1. The standard InChI is InChI=1S/C59H95N13O11SSi/c1-7-36(2)52(50(76)33-41(57(82)83)35-85(4,5)6)70-53(78)39(30-40-34-67-43-18-9-8-17-42(40)43)32-49(75)46-21-14-27-71(46)55(80)38(16-12-25-65-58(60)61)31-48(74)44(20-13-26-66-59(62)63)69-54(79)47-22-15-28-72(47)56(81)45(68-37(3)73)19-10-11-24-64-51(77)23-29-84/h8-9,17-18,34,36,38-39,41,44-47,52,67,84H,7,10-16,19-33,35H2,1-6H3,(H,64,77)(H,68,73)(H,69,79)(H,70,78)(H,82,83)(H4,60,61,65)(H4,62,63,66)/t36-,38+,39+,41-,44+,45-,46-,47-,52-/m0/s1. The number of rotatable bonds is 38. The fraction of sp³-hybridized carbons (Fsp3) is 0.661. The second kappa shape index (κ2) is 35.0. The van der Waals surface area contributed by atoms with Crippen molar-refractivity contribution in [1.82, 2.24) is 36.1 Å². The summed E-state index contributed by atoms with van der Waals surface area (Å²) in [7, 11) is -1.92. The van der Waals surface area contributed by atoms with Crippen molar-refractivity contribution in [1.29, 1.82) is 0 Å². The van der Waals surface area contributed by atoms with Crippen LogP contribution in [0.3, 0.4) is 0 Å². The molecule has 2 aliphatic heterocycles. The number of carbonyl (C=O) groups is 10. The molecule has 1 aromatic carbocycles. The van der Waals surface area contributed by atoms with Crippen LogP contribution in [0.4, 0.5) is 0 Å². The third-order valence-corrected chi connectivity index (χ3v) is 17.9. The molecule has 14 N–H and O–H groups in total. The molecule has 4 rings (SSSR count). The molecular weight excluding hydrogens is 1130 g/mol. The summed E-state index contributed by atoms with van der Waals surface area (Å²) >= 11 is 4.08. The second-order valence-electron chi connectivity index (χ2n) is 24.1. The number of hydrogen-bond donors (Lipinski definition) is 11. The third kappa shape index (κ3) is 23.2. The lowest BCUT2D eigenvalue weighted by molar-refractivity contribution is -0.144. The number of amides is 6. The van der Waals surface area contributed by atoms with Gasteiger partial charge in [0, 0.05) is 102 Å². The fourth-order valence-corrected chi connectivity index (χ4v) is 13.4. The Morgan fingerprint density at radius 2 is 1.36 bits per heavy atom. The first-order valence-electron chi connectivity index (χ1n) is 30.1. The summed E-state index contributed by atoms with van der Waals surface area (Å²) in [5.41, 5.74) is 24.1. The van der Waals surface area contributed by atoms with E-state index in [4.69, 9.17) is 22.9 Å². The van der Waals surface area contributed by atoms with Crippen molar-refractivity contribution < 1.29 is 53.1 Å². The maximum Gasteiger partial charge on any atom is 0.306 e. The monoisotopic (exact) mass is 1220 g/mol. The van der Waals surface area contributed by atoms with E-state index in [-0.39, 0.29) is 127 Å². The predicted octanol–water partition coefficient (Wildman–Crippen LogP) is 3.08. The van der Waals surface area contributed by atoms with E-state index < -0.39 is 109 Å². The van der Waals surface area contributed by atoms with Crippen LogP contribution in [0.15, 0.2) is 40.4 Å². The maximum absolute atomic E-state index is 15.1. The molecule has 1 aromatic heterocycles. The molecule has 85 heavy (non-hydrogen) atoms. The number of fused-ring (bicyclic) bond motifs is 1. The molecule has 0 spiro atoms. The lowest BCUT2D eigenvalue weighted by Gasteiger charge is -2.31. The molecule has 6 amide bonds. The Kier molecular flexibility index (Phi) is 29.1. The van der Waals surface area contributed by atoms with E-state index >= 15 is 4.79 Å². The molecule has 2 aromatic rings. The summed E-state index contributed by atoms with van der Waals surface area (Å²) in [4.78, 5) is 153. The van der Waals surface area contributed by atoms with Gasteiger partial charge in [0.1, 0.15) is 12.1 Å². The first-order valence-corrected chi connectivity index (χ1v) is 34.4. The smallest absolute Gasteiger partial charge is 0.306 e. The first kappa shape index (κ1) is 70.7. The Morgan fingerprint density at radius 1 is 0.753 bits per heavy atom. The average molecular weight is 1220 g/mol. The van der Waals surface area contributed by atoms with Crippen molar-refractivity contribution in [3.05, 3.63) is 36.0 Å². The molecule has 2 aliphatic rings. The molecule has 2 saturated heterocycles. The molecule has 0 aliphatic carbocycles. The van der Waals surface area contributed by atoms with Crippen molar-refractivity contribution in [3.8, 4) is 0 Å². The Morgan fingerprint density at radius 3 is 1.98 bits per heavy atom. The number of carboxylic acids is 1. The topological polar surface area (TPSA) is 390 Å². The van der Waals surface area contributed by atoms with E-state index in [1.54, 1.807) is 6.20 Å².